The highest BCUT2D eigenvalue weighted by Gasteiger charge is 2.20. The van der Waals surface area contributed by atoms with E-state index in [1.165, 1.54) is 23.0 Å². The lowest BCUT2D eigenvalue weighted by atomic mass is 10.2. The number of aromatic nitrogens is 5. The van der Waals surface area contributed by atoms with Crippen LogP contribution < -0.4 is 5.73 Å². The second-order valence-corrected chi connectivity index (χ2v) is 6.34. The summed E-state index contributed by atoms with van der Waals surface area (Å²) in [5.41, 5.74) is 6.82. The number of benzene rings is 1. The smallest absolute Gasteiger partial charge is 0.343 e. The Bertz CT molecular complexity index is 1260. The fourth-order valence-corrected chi connectivity index (χ4v) is 2.97. The molecule has 0 aliphatic carbocycles. The highest BCUT2D eigenvalue weighted by Crippen LogP contribution is 2.27. The number of carbonyl (C=O) groups excluding carboxylic acids is 1. The van der Waals surface area contributed by atoms with Crippen molar-refractivity contribution >= 4 is 22.8 Å². The molecule has 1 aromatic carbocycles. The van der Waals surface area contributed by atoms with E-state index in [2.05, 4.69) is 20.1 Å². The molecule has 0 spiro atoms. The number of rotatable bonds is 5. The summed E-state index contributed by atoms with van der Waals surface area (Å²) in [6.45, 7) is 1.91. The Morgan fingerprint density at radius 2 is 2.00 bits per heavy atom. The van der Waals surface area contributed by atoms with Crippen LogP contribution in [0.2, 0.25) is 0 Å². The van der Waals surface area contributed by atoms with Crippen molar-refractivity contribution in [3.63, 3.8) is 0 Å². The summed E-state index contributed by atoms with van der Waals surface area (Å²) in [4.78, 5) is 24.3. The fraction of sp³-hybridized carbons (Fsp3) is 0.150. The van der Waals surface area contributed by atoms with Crippen LogP contribution in [0.15, 0.2) is 42.7 Å². The molecule has 0 saturated heterocycles. The first-order valence-corrected chi connectivity index (χ1v) is 9.03. The molecule has 4 rings (SSSR count). The van der Waals surface area contributed by atoms with E-state index in [0.717, 1.165) is 6.20 Å². The average molecular weight is 410 g/mol. The van der Waals surface area contributed by atoms with Crippen molar-refractivity contribution in [2.45, 2.75) is 13.5 Å². The number of nitrogen functional groups attached to an aromatic ring is 1. The van der Waals surface area contributed by atoms with Crippen LogP contribution in [0.1, 0.15) is 22.8 Å². The minimum atomic E-state index is -0.649. The minimum Gasteiger partial charge on any atom is -0.462 e. The molecule has 0 saturated carbocycles. The monoisotopic (exact) mass is 410 g/mol. The van der Waals surface area contributed by atoms with E-state index in [-0.39, 0.29) is 36.1 Å². The number of nitrogens with two attached hydrogens (primary N) is 1. The lowest BCUT2D eigenvalue weighted by Gasteiger charge is -2.05. The van der Waals surface area contributed by atoms with Crippen LogP contribution >= 0.6 is 0 Å². The van der Waals surface area contributed by atoms with Gasteiger partial charge in [-0.25, -0.2) is 33.2 Å². The Morgan fingerprint density at radius 1 is 1.20 bits per heavy atom. The van der Waals surface area contributed by atoms with Gasteiger partial charge in [0.1, 0.15) is 28.7 Å². The Morgan fingerprint density at radius 3 is 2.73 bits per heavy atom. The molecule has 0 amide bonds. The quantitative estimate of drug-likeness (QED) is 0.504. The first kappa shape index (κ1) is 19.4. The van der Waals surface area contributed by atoms with Crippen molar-refractivity contribution in [2.75, 3.05) is 12.3 Å². The highest BCUT2D eigenvalue weighted by atomic mass is 19.1. The zero-order valence-electron chi connectivity index (χ0n) is 15.8. The summed E-state index contributed by atoms with van der Waals surface area (Å²) in [5.74, 6) is -1.65. The van der Waals surface area contributed by atoms with Gasteiger partial charge in [-0.1, -0.05) is 18.2 Å². The molecule has 2 N–H and O–H groups in total. The molecule has 10 heteroatoms. The second-order valence-electron chi connectivity index (χ2n) is 6.34. The molecule has 0 aliphatic rings. The third-order valence-electron chi connectivity index (χ3n) is 4.36. The summed E-state index contributed by atoms with van der Waals surface area (Å²) in [6, 6.07) is 7.49. The molecule has 8 nitrogen and oxygen atoms in total. The van der Waals surface area contributed by atoms with Crippen molar-refractivity contribution < 1.29 is 18.3 Å². The van der Waals surface area contributed by atoms with Crippen LogP contribution in [0.5, 0.6) is 0 Å². The van der Waals surface area contributed by atoms with Crippen molar-refractivity contribution in [3.05, 3.63) is 65.5 Å². The standard InChI is InChI=1S/C20H16F2N6O2/c1-2-30-20(29)14-9-24-18(26-17(14)23)16-13-7-12(21)8-25-19(13)28(27-16)10-11-5-3-4-6-15(11)22/h3-9H,2,10H2,1H3,(H2,23,24,26). The number of fused-ring (bicyclic) bond motifs is 1. The summed E-state index contributed by atoms with van der Waals surface area (Å²) >= 11 is 0. The second kappa shape index (κ2) is 7.82. The predicted octanol–water partition coefficient (Wildman–Crippen LogP) is 2.97. The number of carbonyl (C=O) groups is 1. The SMILES string of the molecule is CCOC(=O)c1cnc(-c2nn(Cc3ccccc3F)c3ncc(F)cc23)nc1N. The summed E-state index contributed by atoms with van der Waals surface area (Å²) < 4.78 is 34.3. The molecule has 0 radical (unpaired) electrons. The van der Waals surface area contributed by atoms with Gasteiger partial charge < -0.3 is 10.5 Å². The van der Waals surface area contributed by atoms with Gasteiger partial charge in [0.15, 0.2) is 11.5 Å². The molecule has 0 fully saturated rings. The molecule has 152 valence electrons. The zero-order chi connectivity index (χ0) is 21.3. The molecule has 0 atom stereocenters. The number of halogens is 2. The lowest BCUT2D eigenvalue weighted by molar-refractivity contribution is 0.0527. The van der Waals surface area contributed by atoms with Crippen LogP contribution in [0.25, 0.3) is 22.6 Å². The molecule has 0 bridgehead atoms. The van der Waals surface area contributed by atoms with E-state index in [1.807, 2.05) is 0 Å². The lowest BCUT2D eigenvalue weighted by Crippen LogP contribution is -2.11. The molecule has 3 heterocycles. The Balaban J connectivity index is 1.81. The Labute approximate surface area is 169 Å². The summed E-state index contributed by atoms with van der Waals surface area (Å²) in [5, 5.41) is 4.74. The molecular formula is C20H16F2N6O2. The van der Waals surface area contributed by atoms with E-state index >= 15 is 0 Å². The Hall–Kier alpha value is -3.95. The van der Waals surface area contributed by atoms with Crippen LogP contribution in [-0.4, -0.2) is 37.3 Å². The van der Waals surface area contributed by atoms with Crippen molar-refractivity contribution in [1.82, 2.24) is 24.7 Å². The van der Waals surface area contributed by atoms with Crippen LogP contribution in [-0.2, 0) is 11.3 Å². The Kier molecular flexibility index (Phi) is 5.05. The van der Waals surface area contributed by atoms with Crippen molar-refractivity contribution in [1.29, 1.82) is 0 Å². The third kappa shape index (κ3) is 3.54. The maximum absolute atomic E-state index is 14.1. The summed E-state index contributed by atoms with van der Waals surface area (Å²) in [6.07, 6.45) is 2.27. The van der Waals surface area contributed by atoms with E-state index < -0.39 is 17.6 Å². The molecule has 0 unspecified atom stereocenters. The van der Waals surface area contributed by atoms with Gasteiger partial charge in [-0.15, -0.1) is 0 Å². The number of ether oxygens (including phenoxy) is 1. The zero-order valence-corrected chi connectivity index (χ0v) is 15.8. The third-order valence-corrected chi connectivity index (χ3v) is 4.36. The van der Waals surface area contributed by atoms with E-state index in [4.69, 9.17) is 10.5 Å². The first-order valence-electron chi connectivity index (χ1n) is 9.03. The molecule has 0 aliphatic heterocycles. The fourth-order valence-electron chi connectivity index (χ4n) is 2.97. The van der Waals surface area contributed by atoms with Gasteiger partial charge in [0.2, 0.25) is 0 Å². The van der Waals surface area contributed by atoms with Gasteiger partial charge in [-0.3, -0.25) is 0 Å². The topological polar surface area (TPSA) is 109 Å². The van der Waals surface area contributed by atoms with Gasteiger partial charge in [-0.05, 0) is 19.1 Å². The molecular weight excluding hydrogens is 394 g/mol. The van der Waals surface area contributed by atoms with E-state index in [0.29, 0.717) is 16.6 Å². The normalized spacial score (nSPS) is 11.0. The van der Waals surface area contributed by atoms with Gasteiger partial charge in [0, 0.05) is 11.8 Å². The number of pyridine rings is 1. The number of nitrogens with zero attached hydrogens (tertiary/aromatic N) is 5. The maximum atomic E-state index is 14.1. The molecule has 4 aromatic rings. The molecule has 3 aromatic heterocycles. The predicted molar refractivity (Wildman–Crippen MR) is 104 cm³/mol. The summed E-state index contributed by atoms with van der Waals surface area (Å²) in [7, 11) is 0. The average Bonchev–Trinajstić information content (AvgIpc) is 3.07. The first-order chi connectivity index (χ1) is 14.5. The number of hydrogen-bond acceptors (Lipinski definition) is 7. The van der Waals surface area contributed by atoms with Gasteiger partial charge in [0.05, 0.1) is 24.7 Å². The van der Waals surface area contributed by atoms with E-state index in [9.17, 15) is 13.6 Å². The maximum Gasteiger partial charge on any atom is 0.343 e. The number of hydrogen-bond donors (Lipinski definition) is 1. The number of anilines is 1. The highest BCUT2D eigenvalue weighted by molar-refractivity contribution is 5.95. The van der Waals surface area contributed by atoms with Gasteiger partial charge in [-0.2, -0.15) is 5.10 Å². The van der Waals surface area contributed by atoms with Gasteiger partial charge >= 0.3 is 5.97 Å². The van der Waals surface area contributed by atoms with Crippen molar-refractivity contribution in [3.8, 4) is 11.5 Å². The minimum absolute atomic E-state index is 0.0139. The van der Waals surface area contributed by atoms with Crippen LogP contribution in [0.3, 0.4) is 0 Å². The number of esters is 1. The van der Waals surface area contributed by atoms with E-state index in [1.54, 1.807) is 25.1 Å². The largest absolute Gasteiger partial charge is 0.462 e. The van der Waals surface area contributed by atoms with Gasteiger partial charge in [0.25, 0.3) is 0 Å². The van der Waals surface area contributed by atoms with Crippen molar-refractivity contribution in [2.24, 2.45) is 0 Å². The molecule has 30 heavy (non-hydrogen) atoms. The van der Waals surface area contributed by atoms with Crippen LogP contribution in [0, 0.1) is 11.6 Å². The van der Waals surface area contributed by atoms with Crippen LogP contribution in [0.4, 0.5) is 14.6 Å².